The zero-order valence-electron chi connectivity index (χ0n) is 15.7. The van der Waals surface area contributed by atoms with Crippen LogP contribution >= 0.6 is 0 Å². The third-order valence-electron chi connectivity index (χ3n) is 8.55. The van der Waals surface area contributed by atoms with Gasteiger partial charge in [0, 0.05) is 11.8 Å². The Bertz CT molecular complexity index is 829. The molecule has 4 bridgehead atoms. The van der Waals surface area contributed by atoms with Crippen LogP contribution in [0.2, 0.25) is 0 Å². The Balaban J connectivity index is 1.84. The van der Waals surface area contributed by atoms with E-state index in [1.165, 1.54) is 0 Å². The van der Waals surface area contributed by atoms with Crippen molar-refractivity contribution in [3.63, 3.8) is 0 Å². The molecule has 0 aromatic rings. The predicted octanol–water partition coefficient (Wildman–Crippen LogP) is 0.750. The molecule has 0 aromatic carbocycles. The largest absolute Gasteiger partial charge is 0.391 e. The van der Waals surface area contributed by atoms with Gasteiger partial charge in [-0.2, -0.15) is 0 Å². The van der Waals surface area contributed by atoms with E-state index in [0.29, 0.717) is 24.8 Å². The number of carbonyl (C=O) groups excluding carboxylic acids is 2. The van der Waals surface area contributed by atoms with Gasteiger partial charge in [0.05, 0.1) is 18.1 Å². The minimum absolute atomic E-state index is 0.0733. The molecule has 0 aromatic heterocycles. The zero-order chi connectivity index (χ0) is 19.7. The molecule has 27 heavy (non-hydrogen) atoms. The molecule has 8 atom stereocenters. The van der Waals surface area contributed by atoms with Crippen molar-refractivity contribution in [3.8, 4) is 0 Å². The molecule has 2 heterocycles. The minimum atomic E-state index is -2.23. The summed E-state index contributed by atoms with van der Waals surface area (Å²) >= 11 is 0. The number of fused-ring (bicyclic) bond motifs is 2. The van der Waals surface area contributed by atoms with Gasteiger partial charge in [0.2, 0.25) is 5.79 Å². The summed E-state index contributed by atoms with van der Waals surface area (Å²) < 4.78 is 5.75. The van der Waals surface area contributed by atoms with Gasteiger partial charge in [-0.1, -0.05) is 27.0 Å². The Labute approximate surface area is 157 Å². The van der Waals surface area contributed by atoms with Crippen molar-refractivity contribution in [2.45, 2.75) is 51.1 Å². The fourth-order valence-corrected chi connectivity index (χ4v) is 7.79. The molecule has 2 aliphatic heterocycles. The summed E-state index contributed by atoms with van der Waals surface area (Å²) in [6.07, 6.45) is -1.25. The Morgan fingerprint density at radius 3 is 2.41 bits per heavy atom. The number of carbonyl (C=O) groups is 2. The molecule has 4 saturated carbocycles. The van der Waals surface area contributed by atoms with E-state index in [1.807, 2.05) is 13.8 Å². The van der Waals surface area contributed by atoms with Gasteiger partial charge in [0.25, 0.3) is 0 Å². The topological polar surface area (TPSA) is 104 Å². The number of hydrogen-bond donors (Lipinski definition) is 3. The van der Waals surface area contributed by atoms with Gasteiger partial charge < -0.3 is 20.1 Å². The molecule has 146 valence electrons. The molecule has 6 rings (SSSR count). The van der Waals surface area contributed by atoms with Crippen molar-refractivity contribution < 1.29 is 29.6 Å². The third-order valence-corrected chi connectivity index (χ3v) is 8.55. The predicted molar refractivity (Wildman–Crippen MR) is 94.2 cm³/mol. The van der Waals surface area contributed by atoms with Crippen LogP contribution in [-0.2, 0) is 14.3 Å². The highest BCUT2D eigenvalue weighted by molar-refractivity contribution is 6.08. The number of ketones is 2. The molecule has 0 radical (unpaired) electrons. The fraction of sp³-hybridized carbons (Fsp3) is 0.714. The van der Waals surface area contributed by atoms with E-state index in [4.69, 9.17) is 4.74 Å². The minimum Gasteiger partial charge on any atom is -0.391 e. The lowest BCUT2D eigenvalue weighted by atomic mass is 9.35. The van der Waals surface area contributed by atoms with E-state index in [9.17, 15) is 24.9 Å². The highest BCUT2D eigenvalue weighted by Crippen LogP contribution is 2.75. The number of rotatable bonds is 0. The van der Waals surface area contributed by atoms with Crippen molar-refractivity contribution in [2.75, 3.05) is 6.61 Å². The first kappa shape index (κ1) is 17.7. The van der Waals surface area contributed by atoms with Crippen LogP contribution in [0.3, 0.4) is 0 Å². The van der Waals surface area contributed by atoms with Crippen molar-refractivity contribution >= 4 is 11.6 Å². The Hall–Kier alpha value is -1.34. The average Bonchev–Trinajstić information content (AvgIpc) is 2.70. The Morgan fingerprint density at radius 1 is 1.07 bits per heavy atom. The van der Waals surface area contributed by atoms with Gasteiger partial charge in [-0.05, 0) is 41.7 Å². The third kappa shape index (κ3) is 1.47. The monoisotopic (exact) mass is 374 g/mol. The molecule has 1 unspecified atom stereocenters. The van der Waals surface area contributed by atoms with Gasteiger partial charge in [0.1, 0.15) is 11.5 Å². The highest BCUT2D eigenvalue weighted by atomic mass is 16.6. The van der Waals surface area contributed by atoms with Gasteiger partial charge in [-0.15, -0.1) is 0 Å². The van der Waals surface area contributed by atoms with Gasteiger partial charge in [0.15, 0.2) is 11.6 Å². The van der Waals surface area contributed by atoms with Crippen LogP contribution in [0.25, 0.3) is 0 Å². The average molecular weight is 374 g/mol. The van der Waals surface area contributed by atoms with Crippen molar-refractivity contribution in [1.29, 1.82) is 0 Å². The normalized spacial score (nSPS) is 55.5. The number of aliphatic hydroxyl groups excluding tert-OH is 2. The smallest absolute Gasteiger partial charge is 0.208 e. The molecule has 0 amide bonds. The molecular weight excluding hydrogens is 348 g/mol. The second kappa shape index (κ2) is 4.62. The number of ether oxygens (including phenoxy) is 1. The summed E-state index contributed by atoms with van der Waals surface area (Å²) in [5.41, 5.74) is -2.71. The maximum absolute atomic E-state index is 13.5. The standard InChI is InChI=1S/C21H26O6/c1-9-7-18(3,4)13-17(25)21(26)20-12(19(13,8-27-21)14(9)22)6-5-11(16(20)24)10(2)15(20)23/h11-13,16-17,24-26H,1-2,5-8H2,3-4H3/t11-,12-,13+,16+,17-,19-,20-,21?/m0/s1. The molecule has 6 nitrogen and oxygen atoms in total. The van der Waals surface area contributed by atoms with E-state index >= 15 is 0 Å². The quantitative estimate of drug-likeness (QED) is 0.541. The Morgan fingerprint density at radius 2 is 1.74 bits per heavy atom. The van der Waals surface area contributed by atoms with Crippen LogP contribution in [0.1, 0.15) is 33.1 Å². The van der Waals surface area contributed by atoms with Crippen molar-refractivity contribution in [2.24, 2.45) is 34.0 Å². The second-order valence-electron chi connectivity index (χ2n) is 9.95. The lowest BCUT2D eigenvalue weighted by molar-refractivity contribution is -0.436. The van der Waals surface area contributed by atoms with E-state index in [1.54, 1.807) is 0 Å². The van der Waals surface area contributed by atoms with Gasteiger partial charge >= 0.3 is 0 Å². The first-order valence-corrected chi connectivity index (χ1v) is 9.66. The second-order valence-corrected chi connectivity index (χ2v) is 9.95. The number of hydrogen-bond acceptors (Lipinski definition) is 6. The van der Waals surface area contributed by atoms with Crippen molar-refractivity contribution in [3.05, 3.63) is 24.3 Å². The molecular formula is C21H26O6. The lowest BCUT2D eigenvalue weighted by Crippen LogP contribution is -2.85. The van der Waals surface area contributed by atoms with Crippen molar-refractivity contribution in [1.82, 2.24) is 0 Å². The van der Waals surface area contributed by atoms with Crippen LogP contribution in [0.15, 0.2) is 24.3 Å². The zero-order valence-corrected chi connectivity index (χ0v) is 15.7. The molecule has 2 spiro atoms. The first-order valence-electron chi connectivity index (χ1n) is 9.66. The summed E-state index contributed by atoms with van der Waals surface area (Å²) in [4.78, 5) is 26.9. The van der Waals surface area contributed by atoms with Crippen LogP contribution in [0.5, 0.6) is 0 Å². The number of aliphatic hydroxyl groups is 3. The molecule has 6 heteroatoms. The van der Waals surface area contributed by atoms with E-state index in [-0.39, 0.29) is 18.0 Å². The summed E-state index contributed by atoms with van der Waals surface area (Å²) in [5.74, 6) is -4.56. The van der Waals surface area contributed by atoms with Crippen LogP contribution in [0.4, 0.5) is 0 Å². The van der Waals surface area contributed by atoms with E-state index in [2.05, 4.69) is 13.2 Å². The SMILES string of the molecule is C=C1CC(C)(C)[C@H]2[C@H](O)C3(O)OC[C@]2(C1=O)[C@@H]1CC[C@H]2C(=C)C(=O)[C@]13[C@@H]2O. The molecule has 6 fully saturated rings. The van der Waals surface area contributed by atoms with Crippen LogP contribution in [0, 0.1) is 34.0 Å². The maximum atomic E-state index is 13.5. The summed E-state index contributed by atoms with van der Waals surface area (Å²) in [7, 11) is 0. The maximum Gasteiger partial charge on any atom is 0.208 e. The summed E-state index contributed by atoms with van der Waals surface area (Å²) in [6.45, 7) is 11.7. The first-order chi connectivity index (χ1) is 12.5. The summed E-state index contributed by atoms with van der Waals surface area (Å²) in [5, 5.41) is 34.1. The number of Topliss-reactive ketones (excluding diaryl/α,β-unsaturated/α-hetero) is 2. The fourth-order valence-electron chi connectivity index (χ4n) is 7.79. The Kier molecular flexibility index (Phi) is 3.04. The van der Waals surface area contributed by atoms with Crippen LogP contribution in [-0.4, -0.2) is 51.5 Å². The van der Waals surface area contributed by atoms with E-state index in [0.717, 1.165) is 0 Å². The van der Waals surface area contributed by atoms with Crippen LogP contribution < -0.4 is 0 Å². The van der Waals surface area contributed by atoms with Gasteiger partial charge in [-0.25, -0.2) is 0 Å². The number of allylic oxidation sites excluding steroid dienone is 1. The molecule has 6 aliphatic rings. The van der Waals surface area contributed by atoms with Gasteiger partial charge in [-0.3, -0.25) is 9.59 Å². The molecule has 3 N–H and O–H groups in total. The molecule has 4 aliphatic carbocycles. The highest BCUT2D eigenvalue weighted by Gasteiger charge is 2.87. The van der Waals surface area contributed by atoms with E-state index < -0.39 is 57.8 Å². The summed E-state index contributed by atoms with van der Waals surface area (Å²) in [6, 6.07) is 0. The lowest BCUT2D eigenvalue weighted by Gasteiger charge is -2.73. The molecule has 2 saturated heterocycles.